The van der Waals surface area contributed by atoms with E-state index in [2.05, 4.69) is 24.4 Å². The zero-order valence-corrected chi connectivity index (χ0v) is 15.5. The number of nitrogens with one attached hydrogen (secondary N) is 1. The number of aryl methyl sites for hydroxylation is 1. The monoisotopic (exact) mass is 361 g/mol. The normalized spacial score (nSPS) is 14.4. The Hall–Kier alpha value is -2.85. The molecule has 2 heterocycles. The van der Waals surface area contributed by atoms with Crippen molar-refractivity contribution in [1.82, 2.24) is 0 Å². The Morgan fingerprint density at radius 3 is 2.69 bits per heavy atom. The molecule has 0 spiro atoms. The molecule has 0 bridgehead atoms. The molecule has 0 saturated carbocycles. The van der Waals surface area contributed by atoms with Crippen LogP contribution < -0.4 is 10.1 Å². The minimum absolute atomic E-state index is 0.0497. The lowest BCUT2D eigenvalue weighted by Gasteiger charge is -2.08. The van der Waals surface area contributed by atoms with Crippen molar-refractivity contribution in [1.29, 1.82) is 0 Å². The first kappa shape index (κ1) is 16.6. The number of amides is 1. The maximum Gasteiger partial charge on any atom is 0.256 e. The first-order valence-electron chi connectivity index (χ1n) is 8.61. The first-order chi connectivity index (χ1) is 12.6. The van der Waals surface area contributed by atoms with Crippen LogP contribution in [0.5, 0.6) is 5.75 Å². The summed E-state index contributed by atoms with van der Waals surface area (Å²) in [4.78, 5) is 14.8. The fraction of sp³-hybridized carbons (Fsp3) is 0.136. The van der Waals surface area contributed by atoms with Crippen molar-refractivity contribution in [3.05, 3.63) is 69.9 Å². The topological polar surface area (TPSA) is 38.3 Å². The highest BCUT2D eigenvalue weighted by Gasteiger charge is 2.24. The number of ether oxygens (including phenoxy) is 1. The maximum atomic E-state index is 12.4. The number of fused-ring (bicyclic) bond motifs is 1. The molecule has 3 aromatic rings. The molecule has 2 aromatic carbocycles. The van der Waals surface area contributed by atoms with Gasteiger partial charge in [0.2, 0.25) is 0 Å². The molecular formula is C22H19NO2S. The molecule has 0 fully saturated rings. The fourth-order valence-corrected chi connectivity index (χ4v) is 3.94. The molecule has 1 aliphatic heterocycles. The summed E-state index contributed by atoms with van der Waals surface area (Å²) in [6, 6.07) is 18.2. The van der Waals surface area contributed by atoms with E-state index in [0.29, 0.717) is 6.61 Å². The van der Waals surface area contributed by atoms with Gasteiger partial charge in [0, 0.05) is 21.0 Å². The van der Waals surface area contributed by atoms with Crippen LogP contribution in [0.1, 0.15) is 22.2 Å². The van der Waals surface area contributed by atoms with Crippen LogP contribution in [0, 0.1) is 6.92 Å². The van der Waals surface area contributed by atoms with Crippen molar-refractivity contribution in [3.63, 3.8) is 0 Å². The molecule has 0 radical (unpaired) electrons. The second kappa shape index (κ2) is 6.81. The van der Waals surface area contributed by atoms with Gasteiger partial charge in [-0.2, -0.15) is 0 Å². The minimum Gasteiger partial charge on any atom is -0.494 e. The third kappa shape index (κ3) is 3.16. The lowest BCUT2D eigenvalue weighted by molar-refractivity contribution is -0.110. The molecule has 0 saturated heterocycles. The molecule has 1 aromatic heterocycles. The molecule has 3 nitrogen and oxygen atoms in total. The second-order valence-electron chi connectivity index (χ2n) is 6.18. The van der Waals surface area contributed by atoms with Gasteiger partial charge in [-0.3, -0.25) is 4.79 Å². The third-order valence-electron chi connectivity index (χ3n) is 4.33. The molecule has 1 N–H and O–H groups in total. The molecule has 4 rings (SSSR count). The van der Waals surface area contributed by atoms with Gasteiger partial charge in [0.05, 0.1) is 12.2 Å². The molecule has 26 heavy (non-hydrogen) atoms. The number of carbonyl (C=O) groups is 1. The van der Waals surface area contributed by atoms with E-state index in [1.807, 2.05) is 55.5 Å². The van der Waals surface area contributed by atoms with Gasteiger partial charge in [-0.15, -0.1) is 11.3 Å². The van der Waals surface area contributed by atoms with Gasteiger partial charge in [-0.25, -0.2) is 0 Å². The summed E-state index contributed by atoms with van der Waals surface area (Å²) in [5.74, 6) is 0.800. The van der Waals surface area contributed by atoms with Crippen molar-refractivity contribution in [2.45, 2.75) is 13.8 Å². The smallest absolute Gasteiger partial charge is 0.256 e. The maximum absolute atomic E-state index is 12.4. The summed E-state index contributed by atoms with van der Waals surface area (Å²) in [6.07, 6.45) is 1.97. The largest absolute Gasteiger partial charge is 0.494 e. The van der Waals surface area contributed by atoms with E-state index >= 15 is 0 Å². The van der Waals surface area contributed by atoms with E-state index in [9.17, 15) is 4.79 Å². The fourth-order valence-electron chi connectivity index (χ4n) is 3.12. The van der Waals surface area contributed by atoms with Gasteiger partial charge in [0.15, 0.2) is 0 Å². The Labute approximate surface area is 157 Å². The Morgan fingerprint density at radius 2 is 1.92 bits per heavy atom. The molecule has 0 atom stereocenters. The number of hydrogen-bond acceptors (Lipinski definition) is 3. The summed E-state index contributed by atoms with van der Waals surface area (Å²) < 4.78 is 5.59. The number of hydrogen-bond donors (Lipinski definition) is 1. The first-order valence-corrected chi connectivity index (χ1v) is 9.43. The van der Waals surface area contributed by atoms with Crippen molar-refractivity contribution < 1.29 is 9.53 Å². The van der Waals surface area contributed by atoms with Crippen LogP contribution in [-0.2, 0) is 4.79 Å². The van der Waals surface area contributed by atoms with E-state index in [1.54, 1.807) is 11.3 Å². The van der Waals surface area contributed by atoms with Crippen LogP contribution in [-0.4, -0.2) is 12.5 Å². The average Bonchev–Trinajstić information content (AvgIpc) is 3.18. The molecule has 0 unspecified atom stereocenters. The predicted molar refractivity (Wildman–Crippen MR) is 109 cm³/mol. The Morgan fingerprint density at radius 1 is 1.08 bits per heavy atom. The molecule has 130 valence electrons. The Balaban J connectivity index is 1.70. The van der Waals surface area contributed by atoms with Gasteiger partial charge < -0.3 is 10.1 Å². The standard InChI is InChI=1S/C22H19NO2S/c1-3-25-17-6-4-5-15(11-17)16-8-10-19-20(22(24)23-21(19)12-16)13-18-9-7-14(2)26-18/h4-13H,3H2,1-2H3,(H,23,24)/b20-13-. The van der Waals surface area contributed by atoms with Crippen molar-refractivity contribution >= 4 is 34.6 Å². The predicted octanol–water partition coefficient (Wildman–Crippen LogP) is 5.61. The van der Waals surface area contributed by atoms with Gasteiger partial charge in [-0.05, 0) is 61.4 Å². The van der Waals surface area contributed by atoms with E-state index in [-0.39, 0.29) is 5.91 Å². The van der Waals surface area contributed by atoms with Crippen LogP contribution in [0.25, 0.3) is 22.8 Å². The van der Waals surface area contributed by atoms with Crippen LogP contribution in [0.15, 0.2) is 54.6 Å². The lowest BCUT2D eigenvalue weighted by atomic mass is 10.00. The minimum atomic E-state index is -0.0497. The number of anilines is 1. The van der Waals surface area contributed by atoms with Crippen LogP contribution >= 0.6 is 11.3 Å². The van der Waals surface area contributed by atoms with Gasteiger partial charge in [-0.1, -0.05) is 24.3 Å². The summed E-state index contributed by atoms with van der Waals surface area (Å²) in [5.41, 5.74) is 4.65. The molecule has 1 aliphatic rings. The van der Waals surface area contributed by atoms with Crippen LogP contribution in [0.3, 0.4) is 0 Å². The zero-order chi connectivity index (χ0) is 18.1. The Bertz CT molecular complexity index is 1020. The number of carbonyl (C=O) groups excluding carboxylic acids is 1. The highest BCUT2D eigenvalue weighted by Crippen LogP contribution is 2.37. The third-order valence-corrected chi connectivity index (χ3v) is 5.28. The highest BCUT2D eigenvalue weighted by molar-refractivity contribution is 7.12. The van der Waals surface area contributed by atoms with Gasteiger partial charge in [0.25, 0.3) is 5.91 Å². The van der Waals surface area contributed by atoms with Crippen molar-refractivity contribution in [2.24, 2.45) is 0 Å². The highest BCUT2D eigenvalue weighted by atomic mass is 32.1. The van der Waals surface area contributed by atoms with Gasteiger partial charge >= 0.3 is 0 Å². The average molecular weight is 361 g/mol. The SMILES string of the molecule is CCOc1cccc(-c2ccc3c(c2)NC(=O)/C3=C\c2ccc(C)s2)c1. The summed E-state index contributed by atoms with van der Waals surface area (Å²) in [5, 5.41) is 2.99. The molecular weight excluding hydrogens is 342 g/mol. The lowest BCUT2D eigenvalue weighted by Crippen LogP contribution is -2.03. The number of thiophene rings is 1. The molecule has 1 amide bonds. The summed E-state index contributed by atoms with van der Waals surface area (Å²) in [6.45, 7) is 4.68. The van der Waals surface area contributed by atoms with Crippen LogP contribution in [0.4, 0.5) is 5.69 Å². The number of benzene rings is 2. The van der Waals surface area contributed by atoms with E-state index in [0.717, 1.165) is 38.6 Å². The van der Waals surface area contributed by atoms with E-state index in [4.69, 9.17) is 4.74 Å². The Kier molecular flexibility index (Phi) is 4.35. The quantitative estimate of drug-likeness (QED) is 0.613. The van der Waals surface area contributed by atoms with Crippen molar-refractivity contribution in [3.8, 4) is 16.9 Å². The second-order valence-corrected chi connectivity index (χ2v) is 7.50. The van der Waals surface area contributed by atoms with Crippen molar-refractivity contribution in [2.75, 3.05) is 11.9 Å². The molecule has 4 heteroatoms. The van der Waals surface area contributed by atoms with E-state index in [1.165, 1.54) is 4.88 Å². The summed E-state index contributed by atoms with van der Waals surface area (Å²) >= 11 is 1.69. The molecule has 0 aliphatic carbocycles. The van der Waals surface area contributed by atoms with Crippen LogP contribution in [0.2, 0.25) is 0 Å². The van der Waals surface area contributed by atoms with Gasteiger partial charge in [0.1, 0.15) is 5.75 Å². The number of rotatable bonds is 4. The van der Waals surface area contributed by atoms with E-state index < -0.39 is 0 Å². The zero-order valence-electron chi connectivity index (χ0n) is 14.7. The summed E-state index contributed by atoms with van der Waals surface area (Å²) in [7, 11) is 0.